The Morgan fingerprint density at radius 2 is 1.79 bits per heavy atom. The molecule has 4 rings (SSSR count). The van der Waals surface area contributed by atoms with E-state index < -0.39 is 29.4 Å². The summed E-state index contributed by atoms with van der Waals surface area (Å²) in [5, 5.41) is 0.159. The Morgan fingerprint density at radius 3 is 2.41 bits per heavy atom. The van der Waals surface area contributed by atoms with Crippen LogP contribution in [-0.2, 0) is 14.3 Å². The van der Waals surface area contributed by atoms with Crippen molar-refractivity contribution in [2.75, 3.05) is 14.2 Å². The van der Waals surface area contributed by atoms with Gasteiger partial charge in [-0.05, 0) is 42.8 Å². The molecule has 10 heteroatoms. The van der Waals surface area contributed by atoms with Crippen molar-refractivity contribution in [3.63, 3.8) is 0 Å². The van der Waals surface area contributed by atoms with Gasteiger partial charge in [-0.1, -0.05) is 41.1 Å². The Labute approximate surface area is 202 Å². The molecule has 0 unspecified atom stereocenters. The first kappa shape index (κ1) is 23.6. The van der Waals surface area contributed by atoms with Gasteiger partial charge in [-0.2, -0.15) is 0 Å². The summed E-state index contributed by atoms with van der Waals surface area (Å²) < 4.78 is 25.6. The summed E-state index contributed by atoms with van der Waals surface area (Å²) in [5.41, 5.74) is 1.03. The zero-order valence-electron chi connectivity index (χ0n) is 18.3. The van der Waals surface area contributed by atoms with Crippen LogP contribution in [0.25, 0.3) is 6.08 Å². The number of carbonyl (C=O) groups excluding carboxylic acids is 2. The molecule has 1 aliphatic heterocycles. The number of thiazole rings is 1. The number of hydrogen-bond acceptors (Lipinski definition) is 7. The first-order valence-electron chi connectivity index (χ1n) is 10.00. The molecular formula is C24H18ClFN2O5S. The monoisotopic (exact) mass is 500 g/mol. The summed E-state index contributed by atoms with van der Waals surface area (Å²) in [6, 6.07) is 9.72. The van der Waals surface area contributed by atoms with Gasteiger partial charge in [0.25, 0.3) is 5.56 Å². The smallest absolute Gasteiger partial charge is 0.338 e. The van der Waals surface area contributed by atoms with Crippen molar-refractivity contribution in [2.24, 2.45) is 4.99 Å². The average molecular weight is 501 g/mol. The molecular weight excluding hydrogens is 483 g/mol. The lowest BCUT2D eigenvalue weighted by atomic mass is 9.95. The maximum atomic E-state index is 14.4. The molecule has 1 aliphatic rings. The van der Waals surface area contributed by atoms with E-state index in [1.807, 2.05) is 0 Å². The van der Waals surface area contributed by atoms with Gasteiger partial charge in [-0.25, -0.2) is 19.0 Å². The summed E-state index contributed by atoms with van der Waals surface area (Å²) in [5.74, 6) is -1.73. The molecule has 34 heavy (non-hydrogen) atoms. The Balaban J connectivity index is 1.96. The van der Waals surface area contributed by atoms with Crippen LogP contribution >= 0.6 is 22.9 Å². The SMILES string of the molecule is COC(=O)C1=C(C)N=c2s/c(=C\c3c(F)cccc3Cl)c(=O)n2[C@@H]1c1ccc(C(=O)OC)cc1. The van der Waals surface area contributed by atoms with Crippen LogP contribution in [0, 0.1) is 5.82 Å². The van der Waals surface area contributed by atoms with E-state index in [2.05, 4.69) is 4.99 Å². The summed E-state index contributed by atoms with van der Waals surface area (Å²) in [7, 11) is 2.52. The second-order valence-corrected chi connectivity index (χ2v) is 8.74. The number of carbonyl (C=O) groups is 2. The molecule has 0 radical (unpaired) electrons. The minimum atomic E-state index is -0.867. The first-order valence-corrected chi connectivity index (χ1v) is 11.2. The molecule has 1 atom stereocenters. The molecule has 174 valence electrons. The summed E-state index contributed by atoms with van der Waals surface area (Å²) in [4.78, 5) is 42.8. The highest BCUT2D eigenvalue weighted by Crippen LogP contribution is 2.31. The summed E-state index contributed by atoms with van der Waals surface area (Å²) >= 11 is 7.19. The number of rotatable bonds is 4. The number of allylic oxidation sites excluding steroid dienone is 1. The van der Waals surface area contributed by atoms with Gasteiger partial charge in [0.05, 0.1) is 46.7 Å². The quantitative estimate of drug-likeness (QED) is 0.514. The molecule has 0 spiro atoms. The minimum absolute atomic E-state index is 0.0808. The van der Waals surface area contributed by atoms with Crippen molar-refractivity contribution in [1.29, 1.82) is 0 Å². The molecule has 0 N–H and O–H groups in total. The summed E-state index contributed by atoms with van der Waals surface area (Å²) in [6.45, 7) is 1.65. The predicted octanol–water partition coefficient (Wildman–Crippen LogP) is 2.99. The van der Waals surface area contributed by atoms with Crippen molar-refractivity contribution in [2.45, 2.75) is 13.0 Å². The Kier molecular flexibility index (Phi) is 6.49. The van der Waals surface area contributed by atoms with Crippen LogP contribution in [0.3, 0.4) is 0 Å². The molecule has 0 aliphatic carbocycles. The Morgan fingerprint density at radius 1 is 1.12 bits per heavy atom. The number of methoxy groups -OCH3 is 2. The van der Waals surface area contributed by atoms with Crippen LogP contribution in [0.1, 0.15) is 34.5 Å². The number of benzene rings is 2. The fourth-order valence-corrected chi connectivity index (χ4v) is 4.95. The maximum absolute atomic E-state index is 14.4. The van der Waals surface area contributed by atoms with Crippen molar-refractivity contribution in [3.05, 3.63) is 101 Å². The average Bonchev–Trinajstić information content (AvgIpc) is 3.14. The van der Waals surface area contributed by atoms with E-state index in [0.29, 0.717) is 21.6 Å². The fraction of sp³-hybridized carbons (Fsp3) is 0.167. The lowest BCUT2D eigenvalue weighted by Gasteiger charge is -2.24. The van der Waals surface area contributed by atoms with Crippen LogP contribution in [0.5, 0.6) is 0 Å². The predicted molar refractivity (Wildman–Crippen MR) is 125 cm³/mol. The van der Waals surface area contributed by atoms with E-state index in [1.165, 1.54) is 43.1 Å². The third-order valence-corrected chi connectivity index (χ3v) is 6.66. The normalized spacial score (nSPS) is 15.6. The molecule has 7 nitrogen and oxygen atoms in total. The van der Waals surface area contributed by atoms with Crippen molar-refractivity contribution in [3.8, 4) is 0 Å². The van der Waals surface area contributed by atoms with Crippen LogP contribution in [0.2, 0.25) is 5.02 Å². The van der Waals surface area contributed by atoms with Gasteiger partial charge in [-0.3, -0.25) is 9.36 Å². The van der Waals surface area contributed by atoms with E-state index in [1.54, 1.807) is 31.2 Å². The molecule has 1 aromatic heterocycles. The number of aromatic nitrogens is 1. The maximum Gasteiger partial charge on any atom is 0.338 e. The van der Waals surface area contributed by atoms with Gasteiger partial charge in [0.15, 0.2) is 4.80 Å². The van der Waals surface area contributed by atoms with Crippen molar-refractivity contribution in [1.82, 2.24) is 4.57 Å². The highest BCUT2D eigenvalue weighted by Gasteiger charge is 2.33. The summed E-state index contributed by atoms with van der Waals surface area (Å²) in [6.07, 6.45) is 1.37. The van der Waals surface area contributed by atoms with Crippen LogP contribution < -0.4 is 14.9 Å². The van der Waals surface area contributed by atoms with Gasteiger partial charge < -0.3 is 9.47 Å². The Hall–Kier alpha value is -3.56. The van der Waals surface area contributed by atoms with E-state index in [0.717, 1.165) is 11.3 Å². The van der Waals surface area contributed by atoms with E-state index in [9.17, 15) is 18.8 Å². The van der Waals surface area contributed by atoms with Gasteiger partial charge in [0, 0.05) is 5.56 Å². The minimum Gasteiger partial charge on any atom is -0.466 e. The van der Waals surface area contributed by atoms with Crippen LogP contribution in [0.15, 0.2) is 63.5 Å². The van der Waals surface area contributed by atoms with Crippen LogP contribution in [-0.4, -0.2) is 30.7 Å². The fourth-order valence-electron chi connectivity index (χ4n) is 3.71. The zero-order valence-corrected chi connectivity index (χ0v) is 19.9. The third-order valence-electron chi connectivity index (χ3n) is 5.35. The largest absolute Gasteiger partial charge is 0.466 e. The molecule has 2 heterocycles. The molecule has 0 saturated heterocycles. The topological polar surface area (TPSA) is 87.0 Å². The van der Waals surface area contributed by atoms with E-state index in [4.69, 9.17) is 21.1 Å². The lowest BCUT2D eigenvalue weighted by molar-refractivity contribution is -0.136. The number of halogens is 2. The molecule has 2 aromatic carbocycles. The van der Waals surface area contributed by atoms with Crippen molar-refractivity contribution >= 4 is 41.0 Å². The van der Waals surface area contributed by atoms with Gasteiger partial charge >= 0.3 is 11.9 Å². The van der Waals surface area contributed by atoms with Gasteiger partial charge in [0.1, 0.15) is 5.82 Å². The Bertz CT molecular complexity index is 1500. The molecule has 0 amide bonds. The second-order valence-electron chi connectivity index (χ2n) is 7.32. The van der Waals surface area contributed by atoms with Gasteiger partial charge in [0.2, 0.25) is 0 Å². The standard InChI is InChI=1S/C24H18ClFN2O5S/c1-12-19(23(31)33-3)20(13-7-9-14(10-8-13)22(30)32-2)28-21(29)18(34-24(28)27-12)11-15-16(25)5-4-6-17(15)26/h4-11,20H,1-3H3/b18-11-/t20-/m1/s1. The first-order chi connectivity index (χ1) is 16.3. The highest BCUT2D eigenvalue weighted by atomic mass is 35.5. The zero-order chi connectivity index (χ0) is 24.6. The van der Waals surface area contributed by atoms with E-state index >= 15 is 0 Å². The number of hydrogen-bond donors (Lipinski definition) is 0. The molecule has 0 fully saturated rings. The number of ether oxygens (including phenoxy) is 2. The number of fused-ring (bicyclic) bond motifs is 1. The van der Waals surface area contributed by atoms with Gasteiger partial charge in [-0.15, -0.1) is 0 Å². The molecule has 0 saturated carbocycles. The molecule has 3 aromatic rings. The molecule has 0 bridgehead atoms. The third kappa shape index (κ3) is 4.08. The number of esters is 2. The second kappa shape index (κ2) is 9.36. The van der Waals surface area contributed by atoms with E-state index in [-0.39, 0.29) is 20.7 Å². The van der Waals surface area contributed by atoms with Crippen molar-refractivity contribution < 1.29 is 23.5 Å². The lowest BCUT2D eigenvalue weighted by Crippen LogP contribution is -2.39. The number of nitrogens with zero attached hydrogens (tertiary/aromatic N) is 2. The van der Waals surface area contributed by atoms with Crippen LogP contribution in [0.4, 0.5) is 4.39 Å². The highest BCUT2D eigenvalue weighted by molar-refractivity contribution is 7.07.